The van der Waals surface area contributed by atoms with Crippen LogP contribution in [0.25, 0.3) is 0 Å². The Balaban J connectivity index is 3.83. The molecule has 0 fully saturated rings. The molecule has 0 heterocycles. The van der Waals surface area contributed by atoms with Crippen LogP contribution in [0.15, 0.2) is 10.5 Å². The van der Waals surface area contributed by atoms with Gasteiger partial charge in [0.05, 0.1) is 17.0 Å². The first kappa shape index (κ1) is 15.4. The number of nitro benzene ring substituents is 2. The van der Waals surface area contributed by atoms with Crippen molar-refractivity contribution in [2.24, 2.45) is 0 Å². The smallest absolute Gasteiger partial charge is 0.332 e. The summed E-state index contributed by atoms with van der Waals surface area (Å²) in [4.78, 5) is 20.8. The van der Waals surface area contributed by atoms with Crippen molar-refractivity contribution in [1.82, 2.24) is 0 Å². The van der Waals surface area contributed by atoms with E-state index in [9.17, 15) is 20.2 Å². The summed E-state index contributed by atoms with van der Waals surface area (Å²) >= 11 is 3.15. The molecule has 0 aliphatic rings. The van der Waals surface area contributed by atoms with Crippen LogP contribution in [0.5, 0.6) is 5.75 Å². The average molecular weight is 333 g/mol. The summed E-state index contributed by atoms with van der Waals surface area (Å²) in [6, 6.07) is 1.30. The highest BCUT2D eigenvalue weighted by Gasteiger charge is 2.35. The minimum atomic E-state index is -0.689. The number of halogens is 1. The van der Waals surface area contributed by atoms with Gasteiger partial charge in [0.1, 0.15) is 4.47 Å². The molecule has 1 aromatic carbocycles. The molecule has 1 aromatic rings. The highest BCUT2D eigenvalue weighted by Crippen LogP contribution is 2.47. The Hall–Kier alpha value is -1.70. The first-order valence-corrected chi connectivity index (χ1v) is 6.10. The van der Waals surface area contributed by atoms with Crippen molar-refractivity contribution < 1.29 is 14.6 Å². The molecule has 0 bridgehead atoms. The van der Waals surface area contributed by atoms with Gasteiger partial charge < -0.3 is 4.74 Å². The third-order valence-electron chi connectivity index (χ3n) is 2.56. The lowest BCUT2D eigenvalue weighted by Crippen LogP contribution is -2.14. The summed E-state index contributed by atoms with van der Waals surface area (Å²) in [6.07, 6.45) is 0. The molecule has 0 spiro atoms. The van der Waals surface area contributed by atoms with Gasteiger partial charge >= 0.3 is 11.4 Å². The molecule has 7 nitrogen and oxygen atoms in total. The third-order valence-corrected chi connectivity index (χ3v) is 3.37. The first-order valence-electron chi connectivity index (χ1n) is 5.31. The van der Waals surface area contributed by atoms with Crippen molar-refractivity contribution in [3.05, 3.63) is 36.3 Å². The van der Waals surface area contributed by atoms with E-state index in [1.54, 1.807) is 0 Å². The van der Waals surface area contributed by atoms with Crippen LogP contribution < -0.4 is 4.74 Å². The van der Waals surface area contributed by atoms with Crippen LogP contribution in [-0.2, 0) is 5.41 Å². The van der Waals surface area contributed by atoms with Gasteiger partial charge in [-0.05, 0) is 26.9 Å². The molecular weight excluding hydrogens is 320 g/mol. The predicted molar refractivity (Wildman–Crippen MR) is 72.7 cm³/mol. The standard InChI is InChI=1S/C11H13BrN2O5/c1-11(2,3)6-5-7(13(15)16)10(19-4)9(8(6)12)14(17)18/h5H,1-4H3. The Morgan fingerprint density at radius 3 is 2.05 bits per heavy atom. The fourth-order valence-corrected chi connectivity index (χ4v) is 2.69. The number of methoxy groups -OCH3 is 1. The van der Waals surface area contributed by atoms with E-state index in [0.717, 1.165) is 0 Å². The Morgan fingerprint density at radius 1 is 1.21 bits per heavy atom. The SMILES string of the molecule is COc1c([N+](=O)[O-])cc(C(C)(C)C)c(Br)c1[N+](=O)[O-]. The number of hydrogen-bond donors (Lipinski definition) is 0. The molecule has 0 saturated heterocycles. The van der Waals surface area contributed by atoms with Gasteiger partial charge in [0, 0.05) is 6.07 Å². The van der Waals surface area contributed by atoms with Crippen LogP contribution in [0.2, 0.25) is 0 Å². The van der Waals surface area contributed by atoms with E-state index in [1.807, 2.05) is 20.8 Å². The van der Waals surface area contributed by atoms with Crippen molar-refractivity contribution in [1.29, 1.82) is 0 Å². The zero-order valence-corrected chi connectivity index (χ0v) is 12.5. The Morgan fingerprint density at radius 2 is 1.74 bits per heavy atom. The number of ether oxygens (including phenoxy) is 1. The molecule has 1 rings (SSSR count). The predicted octanol–water partition coefficient (Wildman–Crippen LogP) is 3.57. The zero-order chi connectivity index (χ0) is 15.0. The van der Waals surface area contributed by atoms with Crippen molar-refractivity contribution >= 4 is 27.3 Å². The average Bonchev–Trinajstić information content (AvgIpc) is 2.25. The molecule has 0 saturated carbocycles. The van der Waals surface area contributed by atoms with E-state index in [0.29, 0.717) is 5.56 Å². The third kappa shape index (κ3) is 2.83. The lowest BCUT2D eigenvalue weighted by molar-refractivity contribution is -0.396. The highest BCUT2D eigenvalue weighted by atomic mass is 79.9. The largest absolute Gasteiger partial charge is 0.485 e. The minimum Gasteiger partial charge on any atom is -0.485 e. The molecule has 19 heavy (non-hydrogen) atoms. The van der Waals surface area contributed by atoms with E-state index in [4.69, 9.17) is 4.74 Å². The highest BCUT2D eigenvalue weighted by molar-refractivity contribution is 9.10. The quantitative estimate of drug-likeness (QED) is 0.622. The second kappa shape index (κ2) is 5.12. The molecular formula is C11H13BrN2O5. The van der Waals surface area contributed by atoms with Crippen LogP contribution in [-0.4, -0.2) is 17.0 Å². The number of nitrogens with zero attached hydrogens (tertiary/aromatic N) is 2. The Labute approximate surface area is 118 Å². The maximum Gasteiger partial charge on any atom is 0.332 e. The number of benzene rings is 1. The van der Waals surface area contributed by atoms with Crippen molar-refractivity contribution in [2.75, 3.05) is 7.11 Å². The molecule has 0 N–H and O–H groups in total. The Kier molecular flexibility index (Phi) is 4.14. The maximum absolute atomic E-state index is 11.1. The van der Waals surface area contributed by atoms with E-state index in [2.05, 4.69) is 15.9 Å². The lowest BCUT2D eigenvalue weighted by Gasteiger charge is -2.21. The van der Waals surface area contributed by atoms with Crippen LogP contribution in [0, 0.1) is 20.2 Å². The van der Waals surface area contributed by atoms with Gasteiger partial charge in [0.2, 0.25) is 0 Å². The monoisotopic (exact) mass is 332 g/mol. The number of nitro groups is 2. The molecule has 0 unspecified atom stereocenters. The normalized spacial score (nSPS) is 11.2. The van der Waals surface area contributed by atoms with Crippen LogP contribution in [0.4, 0.5) is 11.4 Å². The maximum atomic E-state index is 11.1. The molecule has 104 valence electrons. The van der Waals surface area contributed by atoms with Gasteiger partial charge in [-0.1, -0.05) is 20.8 Å². The second-order valence-electron chi connectivity index (χ2n) is 4.90. The van der Waals surface area contributed by atoms with Gasteiger partial charge in [0.25, 0.3) is 5.75 Å². The van der Waals surface area contributed by atoms with Gasteiger partial charge in [-0.2, -0.15) is 0 Å². The lowest BCUT2D eigenvalue weighted by atomic mass is 9.86. The van der Waals surface area contributed by atoms with Crippen molar-refractivity contribution in [3.63, 3.8) is 0 Å². The summed E-state index contributed by atoms with van der Waals surface area (Å²) < 4.78 is 5.04. The molecule has 0 aliphatic carbocycles. The van der Waals surface area contributed by atoms with Gasteiger partial charge in [-0.15, -0.1) is 0 Å². The topological polar surface area (TPSA) is 95.5 Å². The molecule has 0 aliphatic heterocycles. The number of hydrogen-bond acceptors (Lipinski definition) is 5. The fourth-order valence-electron chi connectivity index (χ4n) is 1.66. The molecule has 0 radical (unpaired) electrons. The van der Waals surface area contributed by atoms with Crippen LogP contribution in [0.1, 0.15) is 26.3 Å². The summed E-state index contributed by atoms with van der Waals surface area (Å²) in [6.45, 7) is 5.44. The molecule has 8 heteroatoms. The van der Waals surface area contributed by atoms with E-state index in [-0.39, 0.29) is 10.2 Å². The van der Waals surface area contributed by atoms with E-state index in [1.165, 1.54) is 13.2 Å². The van der Waals surface area contributed by atoms with E-state index < -0.39 is 26.6 Å². The number of rotatable bonds is 3. The second-order valence-corrected chi connectivity index (χ2v) is 5.70. The Bertz CT molecular complexity index is 551. The summed E-state index contributed by atoms with van der Waals surface area (Å²) in [5.41, 5.74) is -0.851. The fraction of sp³-hybridized carbons (Fsp3) is 0.455. The molecule has 0 atom stereocenters. The van der Waals surface area contributed by atoms with Crippen LogP contribution in [0.3, 0.4) is 0 Å². The van der Waals surface area contributed by atoms with Crippen LogP contribution >= 0.6 is 15.9 Å². The summed E-state index contributed by atoms with van der Waals surface area (Å²) in [5, 5.41) is 22.2. The summed E-state index contributed by atoms with van der Waals surface area (Å²) in [5.74, 6) is -0.352. The van der Waals surface area contributed by atoms with E-state index >= 15 is 0 Å². The molecule has 0 aromatic heterocycles. The van der Waals surface area contributed by atoms with Gasteiger partial charge in [-0.3, -0.25) is 20.2 Å². The van der Waals surface area contributed by atoms with Crippen molar-refractivity contribution in [3.8, 4) is 5.75 Å². The first-order chi connectivity index (χ1) is 8.61. The zero-order valence-electron chi connectivity index (χ0n) is 10.9. The minimum absolute atomic E-state index is 0.201. The summed E-state index contributed by atoms with van der Waals surface area (Å²) in [7, 11) is 1.17. The van der Waals surface area contributed by atoms with Crippen molar-refractivity contribution in [2.45, 2.75) is 26.2 Å². The van der Waals surface area contributed by atoms with Gasteiger partial charge in [-0.25, -0.2) is 0 Å². The molecule has 0 amide bonds. The van der Waals surface area contributed by atoms with Gasteiger partial charge in [0.15, 0.2) is 0 Å².